The summed E-state index contributed by atoms with van der Waals surface area (Å²) >= 11 is 0. The van der Waals surface area contributed by atoms with Gasteiger partial charge >= 0.3 is 15.6 Å². The molecule has 1 saturated heterocycles. The number of likely N-dealkylation sites (tertiary alicyclic amines) is 1. The summed E-state index contributed by atoms with van der Waals surface area (Å²) in [5.41, 5.74) is 1.26. The number of nitrogens with zero attached hydrogens (tertiary/aromatic N) is 1. The van der Waals surface area contributed by atoms with Crippen LogP contribution in [0.4, 0.5) is 13.2 Å². The first-order chi connectivity index (χ1) is 12.2. The van der Waals surface area contributed by atoms with Gasteiger partial charge in [0, 0.05) is 25.8 Å². The minimum absolute atomic E-state index is 0.0875. The maximum Gasteiger partial charge on any atom is 0.534 e. The highest BCUT2D eigenvalue weighted by molar-refractivity contribution is 7.88. The van der Waals surface area contributed by atoms with Gasteiger partial charge in [-0.1, -0.05) is 12.1 Å². The van der Waals surface area contributed by atoms with E-state index < -0.39 is 15.6 Å². The molecule has 1 aromatic rings. The summed E-state index contributed by atoms with van der Waals surface area (Å²) < 4.78 is 69.8. The third-order valence-corrected chi connectivity index (χ3v) is 5.46. The molecule has 1 aliphatic rings. The molecule has 10 heteroatoms. The molecule has 0 aliphatic carbocycles. The van der Waals surface area contributed by atoms with E-state index in [0.29, 0.717) is 12.2 Å². The zero-order valence-corrected chi connectivity index (χ0v) is 15.3. The lowest BCUT2D eigenvalue weighted by atomic mass is 9.86. The van der Waals surface area contributed by atoms with Gasteiger partial charge < -0.3 is 19.6 Å². The van der Waals surface area contributed by atoms with E-state index in [0.717, 1.165) is 38.0 Å². The first-order valence-electron chi connectivity index (χ1n) is 8.23. The number of nitrogens with two attached hydrogens (primary N) is 1. The predicted octanol–water partition coefficient (Wildman–Crippen LogP) is 2.20. The number of piperidine rings is 1. The standard InChI is InChI=1S/C16H23F3N2O4S/c1-24-10-9-21-7-5-12(6-8-21)13-3-2-4-15(14(13)11-20)25-26(22,23)16(17,18)19/h2-4,12H,5-11,20H2,1H3. The Kier molecular flexibility index (Phi) is 6.89. The second-order valence-corrected chi connectivity index (χ2v) is 7.66. The molecule has 1 aliphatic heterocycles. The predicted molar refractivity (Wildman–Crippen MR) is 90.2 cm³/mol. The SMILES string of the molecule is COCCN1CCC(c2cccc(OS(=O)(=O)C(F)(F)F)c2CN)CC1. The summed E-state index contributed by atoms with van der Waals surface area (Å²) in [6, 6.07) is 4.46. The van der Waals surface area contributed by atoms with Crippen LogP contribution in [0.15, 0.2) is 18.2 Å². The van der Waals surface area contributed by atoms with Gasteiger partial charge in [-0.2, -0.15) is 21.6 Å². The normalized spacial score (nSPS) is 17.4. The topological polar surface area (TPSA) is 81.9 Å². The molecule has 6 nitrogen and oxygen atoms in total. The summed E-state index contributed by atoms with van der Waals surface area (Å²) in [5, 5.41) is 0. The molecular formula is C16H23F3N2O4S. The van der Waals surface area contributed by atoms with Gasteiger partial charge in [0.25, 0.3) is 0 Å². The Morgan fingerprint density at radius 1 is 1.27 bits per heavy atom. The van der Waals surface area contributed by atoms with E-state index in [9.17, 15) is 21.6 Å². The van der Waals surface area contributed by atoms with E-state index >= 15 is 0 Å². The zero-order chi connectivity index (χ0) is 19.4. The van der Waals surface area contributed by atoms with Crippen LogP contribution in [0.25, 0.3) is 0 Å². The maximum absolute atomic E-state index is 12.6. The lowest BCUT2D eigenvalue weighted by Crippen LogP contribution is -2.35. The lowest BCUT2D eigenvalue weighted by molar-refractivity contribution is -0.0500. The molecule has 1 heterocycles. The average molecular weight is 396 g/mol. The van der Waals surface area contributed by atoms with Crippen LogP contribution in [0.5, 0.6) is 5.75 Å². The van der Waals surface area contributed by atoms with Crippen LogP contribution in [0.2, 0.25) is 0 Å². The summed E-state index contributed by atoms with van der Waals surface area (Å²) in [4.78, 5) is 2.25. The van der Waals surface area contributed by atoms with E-state index in [1.54, 1.807) is 13.2 Å². The van der Waals surface area contributed by atoms with Crippen molar-refractivity contribution in [2.75, 3.05) is 33.4 Å². The Hall–Kier alpha value is -1.36. The molecule has 0 amide bonds. The summed E-state index contributed by atoms with van der Waals surface area (Å²) in [5.74, 6) is -0.270. The molecular weight excluding hydrogens is 373 g/mol. The molecule has 2 rings (SSSR count). The van der Waals surface area contributed by atoms with Crippen molar-refractivity contribution in [3.63, 3.8) is 0 Å². The molecule has 0 spiro atoms. The maximum atomic E-state index is 12.6. The second-order valence-electron chi connectivity index (χ2n) is 6.12. The van der Waals surface area contributed by atoms with Gasteiger partial charge in [0.05, 0.1) is 6.61 Å². The number of halogens is 3. The van der Waals surface area contributed by atoms with Crippen LogP contribution < -0.4 is 9.92 Å². The number of alkyl halides is 3. The molecule has 0 atom stereocenters. The first-order valence-corrected chi connectivity index (χ1v) is 9.64. The number of methoxy groups -OCH3 is 1. The van der Waals surface area contributed by atoms with Crippen LogP contribution in [-0.2, 0) is 21.4 Å². The Labute approximate surface area is 151 Å². The number of hydrogen-bond donors (Lipinski definition) is 1. The first kappa shape index (κ1) is 20.9. The molecule has 1 aromatic carbocycles. The van der Waals surface area contributed by atoms with Crippen molar-refractivity contribution in [3.05, 3.63) is 29.3 Å². The minimum atomic E-state index is -5.73. The van der Waals surface area contributed by atoms with Crippen LogP contribution in [0, 0.1) is 0 Å². The summed E-state index contributed by atoms with van der Waals surface area (Å²) in [6.07, 6.45) is 1.60. The van der Waals surface area contributed by atoms with Crippen LogP contribution in [-0.4, -0.2) is 52.2 Å². The molecule has 26 heavy (non-hydrogen) atoms. The van der Waals surface area contributed by atoms with Crippen LogP contribution >= 0.6 is 0 Å². The highest BCUT2D eigenvalue weighted by Gasteiger charge is 2.48. The fourth-order valence-corrected chi connectivity index (χ4v) is 3.60. The van der Waals surface area contributed by atoms with Gasteiger partial charge in [-0.05, 0) is 43.5 Å². The quantitative estimate of drug-likeness (QED) is 0.562. The number of hydrogen-bond acceptors (Lipinski definition) is 6. The number of benzene rings is 1. The molecule has 0 bridgehead atoms. The van der Waals surface area contributed by atoms with Crippen LogP contribution in [0.1, 0.15) is 29.9 Å². The van der Waals surface area contributed by atoms with Crippen molar-refractivity contribution in [2.45, 2.75) is 30.8 Å². The van der Waals surface area contributed by atoms with Gasteiger partial charge in [-0.25, -0.2) is 0 Å². The van der Waals surface area contributed by atoms with Crippen LogP contribution in [0.3, 0.4) is 0 Å². The summed E-state index contributed by atoms with van der Waals surface area (Å²) in [6.45, 7) is 2.99. The van der Waals surface area contributed by atoms with Crippen molar-refractivity contribution < 1.29 is 30.5 Å². The molecule has 0 aromatic heterocycles. The average Bonchev–Trinajstić information content (AvgIpc) is 2.59. The van der Waals surface area contributed by atoms with E-state index in [4.69, 9.17) is 10.5 Å². The van der Waals surface area contributed by atoms with Crippen molar-refractivity contribution >= 4 is 10.1 Å². The van der Waals surface area contributed by atoms with Gasteiger partial charge in [0.2, 0.25) is 0 Å². The third-order valence-electron chi connectivity index (χ3n) is 4.50. The highest BCUT2D eigenvalue weighted by atomic mass is 32.2. The zero-order valence-electron chi connectivity index (χ0n) is 14.5. The Morgan fingerprint density at radius 2 is 1.92 bits per heavy atom. The number of rotatable bonds is 7. The molecule has 2 N–H and O–H groups in total. The van der Waals surface area contributed by atoms with E-state index in [1.165, 1.54) is 12.1 Å². The largest absolute Gasteiger partial charge is 0.534 e. The van der Waals surface area contributed by atoms with Crippen molar-refractivity contribution in [1.82, 2.24) is 4.90 Å². The van der Waals surface area contributed by atoms with Gasteiger partial charge in [0.1, 0.15) is 5.75 Å². The third kappa shape index (κ3) is 4.87. The van der Waals surface area contributed by atoms with Crippen molar-refractivity contribution in [2.24, 2.45) is 5.73 Å². The van der Waals surface area contributed by atoms with Crippen molar-refractivity contribution in [1.29, 1.82) is 0 Å². The Balaban J connectivity index is 2.19. The van der Waals surface area contributed by atoms with Crippen molar-refractivity contribution in [3.8, 4) is 5.75 Å². The van der Waals surface area contributed by atoms with E-state index in [2.05, 4.69) is 9.08 Å². The molecule has 0 unspecified atom stereocenters. The number of ether oxygens (including phenoxy) is 1. The fourth-order valence-electron chi connectivity index (χ4n) is 3.12. The summed E-state index contributed by atoms with van der Waals surface area (Å²) in [7, 11) is -4.09. The Bertz CT molecular complexity index is 702. The Morgan fingerprint density at radius 3 is 2.46 bits per heavy atom. The minimum Gasteiger partial charge on any atom is -0.383 e. The second kappa shape index (κ2) is 8.55. The van der Waals surface area contributed by atoms with E-state index in [-0.39, 0.29) is 18.2 Å². The molecule has 0 radical (unpaired) electrons. The van der Waals surface area contributed by atoms with Gasteiger partial charge in [-0.3, -0.25) is 0 Å². The smallest absolute Gasteiger partial charge is 0.383 e. The molecule has 0 saturated carbocycles. The van der Waals surface area contributed by atoms with Gasteiger partial charge in [0.15, 0.2) is 0 Å². The van der Waals surface area contributed by atoms with Gasteiger partial charge in [-0.15, -0.1) is 0 Å². The highest BCUT2D eigenvalue weighted by Crippen LogP contribution is 2.36. The molecule has 1 fully saturated rings. The fraction of sp³-hybridized carbons (Fsp3) is 0.625. The molecule has 148 valence electrons. The monoisotopic (exact) mass is 396 g/mol. The lowest BCUT2D eigenvalue weighted by Gasteiger charge is -2.33. The van der Waals surface area contributed by atoms with E-state index in [1.807, 2.05) is 0 Å².